The van der Waals surface area contributed by atoms with Crippen LogP contribution in [-0.4, -0.2) is 27.6 Å². The van der Waals surface area contributed by atoms with Crippen molar-refractivity contribution in [1.82, 2.24) is 14.9 Å². The number of carbonyl (C=O) groups is 2. The number of hydrogen-bond donors (Lipinski definition) is 2. The van der Waals surface area contributed by atoms with Crippen LogP contribution in [0.2, 0.25) is 0 Å². The van der Waals surface area contributed by atoms with Crippen LogP contribution < -0.4 is 10.6 Å². The second-order valence-electron chi connectivity index (χ2n) is 7.31. The molecule has 0 bridgehead atoms. The molecule has 0 spiro atoms. The van der Waals surface area contributed by atoms with Gasteiger partial charge in [0.1, 0.15) is 18.3 Å². The number of aromatic nitrogens is 2. The van der Waals surface area contributed by atoms with Crippen molar-refractivity contribution in [2.45, 2.75) is 19.1 Å². The molecule has 2 amide bonds. The first kappa shape index (κ1) is 22.2. The predicted molar refractivity (Wildman–Crippen MR) is 128 cm³/mol. The molecule has 0 fully saturated rings. The predicted octanol–water partition coefficient (Wildman–Crippen LogP) is 4.68. The monoisotopic (exact) mass is 458 g/mol. The molecule has 3 aromatic carbocycles. The molecule has 4 aromatic rings. The molecule has 7 nitrogen and oxygen atoms in total. The van der Waals surface area contributed by atoms with Crippen LogP contribution in [0, 0.1) is 0 Å². The highest BCUT2D eigenvalue weighted by Crippen LogP contribution is 2.20. The van der Waals surface area contributed by atoms with Gasteiger partial charge in [-0.05, 0) is 34.8 Å². The van der Waals surface area contributed by atoms with Gasteiger partial charge >= 0.3 is 6.09 Å². The van der Waals surface area contributed by atoms with Crippen LogP contribution in [0.15, 0.2) is 90.3 Å². The number of rotatable bonds is 8. The Balaban J connectivity index is 1.41. The number of alkyl carbamates (subject to hydrolysis) is 1. The van der Waals surface area contributed by atoms with E-state index in [1.807, 2.05) is 78.2 Å². The molecule has 166 valence electrons. The van der Waals surface area contributed by atoms with E-state index in [1.54, 1.807) is 12.1 Å². The number of nitrogens with zero attached hydrogens (tertiary/aromatic N) is 2. The highest BCUT2D eigenvalue weighted by molar-refractivity contribution is 7.03. The molecule has 2 N–H and O–H groups in total. The van der Waals surface area contributed by atoms with Gasteiger partial charge in [0.2, 0.25) is 5.91 Å². The highest BCUT2D eigenvalue weighted by Gasteiger charge is 2.22. The van der Waals surface area contributed by atoms with E-state index in [0.717, 1.165) is 22.4 Å². The summed E-state index contributed by atoms with van der Waals surface area (Å²) >= 11 is 1.28. The van der Waals surface area contributed by atoms with Gasteiger partial charge in [0.05, 0.1) is 0 Å². The van der Waals surface area contributed by atoms with E-state index in [4.69, 9.17) is 4.74 Å². The Morgan fingerprint density at radius 2 is 1.55 bits per heavy atom. The van der Waals surface area contributed by atoms with Crippen LogP contribution in [0.3, 0.4) is 0 Å². The van der Waals surface area contributed by atoms with Crippen LogP contribution in [0.25, 0.3) is 11.3 Å². The van der Waals surface area contributed by atoms with Gasteiger partial charge in [0.25, 0.3) is 0 Å². The summed E-state index contributed by atoms with van der Waals surface area (Å²) in [6, 6.07) is 25.4. The van der Waals surface area contributed by atoms with Crippen molar-refractivity contribution in [3.8, 4) is 11.3 Å². The van der Waals surface area contributed by atoms with Crippen LogP contribution in [-0.2, 0) is 22.6 Å². The van der Waals surface area contributed by atoms with Gasteiger partial charge in [0, 0.05) is 23.1 Å². The topological polar surface area (TPSA) is 93.2 Å². The molecule has 0 saturated carbocycles. The van der Waals surface area contributed by atoms with E-state index in [2.05, 4.69) is 20.2 Å². The van der Waals surface area contributed by atoms with E-state index in [0.29, 0.717) is 12.1 Å². The summed E-state index contributed by atoms with van der Waals surface area (Å²) in [5.74, 6) is -0.335. The molecule has 1 heterocycles. The zero-order valence-electron chi connectivity index (χ0n) is 17.7. The minimum absolute atomic E-state index is 0.124. The van der Waals surface area contributed by atoms with Crippen LogP contribution in [0.4, 0.5) is 10.5 Å². The van der Waals surface area contributed by atoms with E-state index < -0.39 is 12.1 Å². The molecular weight excluding hydrogens is 436 g/mol. The molecule has 33 heavy (non-hydrogen) atoms. The third kappa shape index (κ3) is 6.47. The quantitative estimate of drug-likeness (QED) is 0.400. The average Bonchev–Trinajstić information content (AvgIpc) is 3.39. The lowest BCUT2D eigenvalue weighted by Crippen LogP contribution is -2.45. The highest BCUT2D eigenvalue weighted by atomic mass is 32.1. The molecule has 0 aliphatic heterocycles. The Morgan fingerprint density at radius 1 is 0.879 bits per heavy atom. The molecule has 0 aliphatic carbocycles. The molecule has 0 unspecified atom stereocenters. The fourth-order valence-corrected chi connectivity index (χ4v) is 3.68. The Hall–Kier alpha value is -4.04. The zero-order valence-corrected chi connectivity index (χ0v) is 18.5. The van der Waals surface area contributed by atoms with E-state index in [-0.39, 0.29) is 12.5 Å². The summed E-state index contributed by atoms with van der Waals surface area (Å²) in [6.45, 7) is 0.124. The fraction of sp³-hybridized carbons (Fsp3) is 0.120. The van der Waals surface area contributed by atoms with Crippen molar-refractivity contribution in [2.75, 3.05) is 5.32 Å². The summed E-state index contributed by atoms with van der Waals surface area (Å²) < 4.78 is 9.18. The number of ether oxygens (including phenoxy) is 1. The van der Waals surface area contributed by atoms with Crippen molar-refractivity contribution in [3.63, 3.8) is 0 Å². The third-order valence-electron chi connectivity index (χ3n) is 4.91. The standard InChI is InChI=1S/C25H22N4O3S/c30-24(26-21-13-11-20(12-14-21)23-17-33-29-28-23)22(15-18-7-3-1-4-8-18)27-25(31)32-16-19-9-5-2-6-10-19/h1-14,17,22H,15-16H2,(H,26,30)(H,27,31)/t22-/m0/s1. The second-order valence-corrected chi connectivity index (χ2v) is 7.91. The van der Waals surface area contributed by atoms with Gasteiger partial charge in [-0.3, -0.25) is 4.79 Å². The molecule has 0 aliphatic rings. The first-order chi connectivity index (χ1) is 16.2. The van der Waals surface area contributed by atoms with Gasteiger partial charge in [-0.25, -0.2) is 4.79 Å². The lowest BCUT2D eigenvalue weighted by atomic mass is 10.1. The van der Waals surface area contributed by atoms with E-state index in [1.165, 1.54) is 11.5 Å². The molecular formula is C25H22N4O3S. The smallest absolute Gasteiger partial charge is 0.408 e. The maximum absolute atomic E-state index is 13.0. The molecule has 4 rings (SSSR count). The van der Waals surface area contributed by atoms with E-state index >= 15 is 0 Å². The Bertz CT molecular complexity index is 1170. The first-order valence-corrected chi connectivity index (χ1v) is 11.2. The minimum Gasteiger partial charge on any atom is -0.445 e. The molecule has 8 heteroatoms. The lowest BCUT2D eigenvalue weighted by molar-refractivity contribution is -0.118. The Morgan fingerprint density at radius 3 is 2.18 bits per heavy atom. The first-order valence-electron chi connectivity index (χ1n) is 10.4. The van der Waals surface area contributed by atoms with Crippen molar-refractivity contribution < 1.29 is 14.3 Å². The Labute approximate surface area is 195 Å². The summed E-state index contributed by atoms with van der Waals surface area (Å²) in [7, 11) is 0. The molecule has 0 saturated heterocycles. The fourth-order valence-electron chi connectivity index (χ4n) is 3.21. The van der Waals surface area contributed by atoms with Crippen molar-refractivity contribution >= 4 is 29.2 Å². The minimum atomic E-state index is -0.807. The van der Waals surface area contributed by atoms with Gasteiger partial charge in [-0.1, -0.05) is 77.3 Å². The zero-order chi connectivity index (χ0) is 22.9. The van der Waals surface area contributed by atoms with Crippen molar-refractivity contribution in [2.24, 2.45) is 0 Å². The lowest BCUT2D eigenvalue weighted by Gasteiger charge is -2.19. The Kier molecular flexibility index (Phi) is 7.40. The second kappa shape index (κ2) is 11.0. The van der Waals surface area contributed by atoms with Gasteiger partial charge in [-0.15, -0.1) is 5.10 Å². The molecule has 1 aromatic heterocycles. The summed E-state index contributed by atoms with van der Waals surface area (Å²) in [6.07, 6.45) is -0.323. The summed E-state index contributed by atoms with van der Waals surface area (Å²) in [5, 5.41) is 11.5. The molecule has 0 radical (unpaired) electrons. The number of benzene rings is 3. The van der Waals surface area contributed by atoms with Crippen molar-refractivity contribution in [3.05, 3.63) is 101 Å². The number of amides is 2. The van der Waals surface area contributed by atoms with Crippen LogP contribution >= 0.6 is 11.5 Å². The third-order valence-corrected chi connectivity index (χ3v) is 5.42. The van der Waals surface area contributed by atoms with E-state index in [9.17, 15) is 9.59 Å². The van der Waals surface area contributed by atoms with Gasteiger partial charge in [0.15, 0.2) is 0 Å². The normalized spacial score (nSPS) is 11.4. The van der Waals surface area contributed by atoms with Crippen molar-refractivity contribution in [1.29, 1.82) is 0 Å². The molecule has 1 atom stereocenters. The maximum atomic E-state index is 13.0. The van der Waals surface area contributed by atoms with Crippen LogP contribution in [0.1, 0.15) is 11.1 Å². The van der Waals surface area contributed by atoms with Gasteiger partial charge < -0.3 is 15.4 Å². The SMILES string of the molecule is O=C(N[C@@H](Cc1ccccc1)C(=O)Nc1ccc(-c2csnn2)cc1)OCc1ccccc1. The largest absolute Gasteiger partial charge is 0.445 e. The number of anilines is 1. The summed E-state index contributed by atoms with van der Waals surface area (Å²) in [5.41, 5.74) is 4.09. The number of carbonyl (C=O) groups excluding carboxylic acids is 2. The maximum Gasteiger partial charge on any atom is 0.408 e. The summed E-state index contributed by atoms with van der Waals surface area (Å²) in [4.78, 5) is 25.5. The van der Waals surface area contributed by atoms with Crippen LogP contribution in [0.5, 0.6) is 0 Å². The number of hydrogen-bond acceptors (Lipinski definition) is 6. The van der Waals surface area contributed by atoms with Gasteiger partial charge in [-0.2, -0.15) is 0 Å². The number of nitrogens with one attached hydrogen (secondary N) is 2. The average molecular weight is 459 g/mol.